The minimum Gasteiger partial charge on any atom is -0.350 e. The van der Waals surface area contributed by atoms with E-state index in [4.69, 9.17) is 0 Å². The number of carbonyl (C=O) groups is 1. The summed E-state index contributed by atoms with van der Waals surface area (Å²) in [4.78, 5) is 20.6. The predicted octanol–water partition coefficient (Wildman–Crippen LogP) is 0.820. The number of hydrogen-bond donors (Lipinski definition) is 1. The maximum Gasteiger partial charge on any atom is 0.252 e. The van der Waals surface area contributed by atoms with Crippen LogP contribution in [0, 0.1) is 0 Å². The molecule has 2 rings (SSSR count). The first-order valence-corrected chi connectivity index (χ1v) is 7.13. The zero-order valence-electron chi connectivity index (χ0n) is 11.3. The van der Waals surface area contributed by atoms with Crippen LogP contribution in [-0.2, 0) is 0 Å². The highest BCUT2D eigenvalue weighted by atomic mass is 79.9. The number of amides is 1. The number of carbonyl (C=O) groups excluding carboxylic acids is 1. The van der Waals surface area contributed by atoms with Crippen molar-refractivity contribution in [3.05, 3.63) is 28.5 Å². The number of aromatic nitrogens is 1. The summed E-state index contributed by atoms with van der Waals surface area (Å²) in [6, 6.07) is 2.14. The highest BCUT2D eigenvalue weighted by Gasteiger charge is 2.22. The zero-order valence-corrected chi connectivity index (χ0v) is 12.9. The smallest absolute Gasteiger partial charge is 0.252 e. The summed E-state index contributed by atoms with van der Waals surface area (Å²) < 4.78 is 0.815. The van der Waals surface area contributed by atoms with Gasteiger partial charge in [-0.15, -0.1) is 0 Å². The van der Waals surface area contributed by atoms with Gasteiger partial charge < -0.3 is 10.2 Å². The van der Waals surface area contributed by atoms with Crippen LogP contribution in [0.2, 0.25) is 0 Å². The standard InChI is InChI=1S/C13H19BrN4O/c1-17-3-4-18(2)12(9-17)8-16-13(19)10-5-11(14)7-15-6-10/h5-7,12H,3-4,8-9H2,1-2H3,(H,16,19). The molecule has 0 saturated carbocycles. The molecule has 6 heteroatoms. The van der Waals surface area contributed by atoms with Gasteiger partial charge >= 0.3 is 0 Å². The van der Waals surface area contributed by atoms with Crippen molar-refractivity contribution in [1.29, 1.82) is 0 Å². The van der Waals surface area contributed by atoms with Gasteiger partial charge in [0.25, 0.3) is 5.91 Å². The lowest BCUT2D eigenvalue weighted by Crippen LogP contribution is -2.54. The van der Waals surface area contributed by atoms with Crippen LogP contribution in [0.1, 0.15) is 10.4 Å². The highest BCUT2D eigenvalue weighted by molar-refractivity contribution is 9.10. The molecule has 104 valence electrons. The second-order valence-electron chi connectivity index (χ2n) is 5.00. The maximum atomic E-state index is 12.0. The summed E-state index contributed by atoms with van der Waals surface area (Å²) >= 11 is 3.32. The van der Waals surface area contributed by atoms with Crippen molar-refractivity contribution in [3.63, 3.8) is 0 Å². The molecule has 1 amide bonds. The van der Waals surface area contributed by atoms with E-state index in [2.05, 4.69) is 50.1 Å². The van der Waals surface area contributed by atoms with Crippen molar-refractivity contribution >= 4 is 21.8 Å². The fourth-order valence-electron chi connectivity index (χ4n) is 2.17. The fourth-order valence-corrected chi connectivity index (χ4v) is 2.54. The van der Waals surface area contributed by atoms with Crippen molar-refractivity contribution in [2.45, 2.75) is 6.04 Å². The number of nitrogens with one attached hydrogen (secondary N) is 1. The molecule has 0 aromatic carbocycles. The SMILES string of the molecule is CN1CCN(C)C(CNC(=O)c2cncc(Br)c2)C1. The molecule has 2 heterocycles. The van der Waals surface area contributed by atoms with E-state index < -0.39 is 0 Å². The van der Waals surface area contributed by atoms with Gasteiger partial charge in [0.15, 0.2) is 0 Å². The summed E-state index contributed by atoms with van der Waals surface area (Å²) in [7, 11) is 4.21. The summed E-state index contributed by atoms with van der Waals surface area (Å²) in [5, 5.41) is 2.98. The lowest BCUT2D eigenvalue weighted by Gasteiger charge is -2.37. The van der Waals surface area contributed by atoms with Crippen LogP contribution in [-0.4, -0.2) is 67.0 Å². The van der Waals surface area contributed by atoms with Gasteiger partial charge in [-0.3, -0.25) is 14.7 Å². The molecule has 1 aliphatic rings. The molecule has 1 aliphatic heterocycles. The Bertz CT molecular complexity index is 454. The Balaban J connectivity index is 1.89. The number of likely N-dealkylation sites (N-methyl/N-ethyl adjacent to an activating group) is 2. The van der Waals surface area contributed by atoms with Gasteiger partial charge in [0.1, 0.15) is 0 Å². The minimum absolute atomic E-state index is 0.0737. The number of halogens is 1. The molecule has 1 N–H and O–H groups in total. The molecule has 1 aromatic heterocycles. The first kappa shape index (κ1) is 14.4. The molecule has 0 spiro atoms. The molecule has 19 heavy (non-hydrogen) atoms. The first-order valence-electron chi connectivity index (χ1n) is 6.34. The van der Waals surface area contributed by atoms with Crippen LogP contribution < -0.4 is 5.32 Å². The summed E-state index contributed by atoms with van der Waals surface area (Å²) in [5.41, 5.74) is 0.584. The molecular formula is C13H19BrN4O. The van der Waals surface area contributed by atoms with Gasteiger partial charge in [-0.25, -0.2) is 0 Å². The number of piperazine rings is 1. The van der Waals surface area contributed by atoms with E-state index in [1.807, 2.05) is 0 Å². The Labute approximate surface area is 122 Å². The number of pyridine rings is 1. The lowest BCUT2D eigenvalue weighted by atomic mass is 10.2. The molecule has 1 atom stereocenters. The Morgan fingerprint density at radius 3 is 3.00 bits per heavy atom. The molecular weight excluding hydrogens is 308 g/mol. The number of rotatable bonds is 3. The summed E-state index contributed by atoms with van der Waals surface area (Å²) in [5.74, 6) is -0.0737. The lowest BCUT2D eigenvalue weighted by molar-refractivity contribution is 0.0881. The number of hydrogen-bond acceptors (Lipinski definition) is 4. The highest BCUT2D eigenvalue weighted by Crippen LogP contribution is 2.10. The van der Waals surface area contributed by atoms with E-state index >= 15 is 0 Å². The average molecular weight is 327 g/mol. The van der Waals surface area contributed by atoms with Gasteiger partial charge in [-0.05, 0) is 36.1 Å². The second kappa shape index (κ2) is 6.45. The van der Waals surface area contributed by atoms with Crippen LogP contribution >= 0.6 is 15.9 Å². The van der Waals surface area contributed by atoms with Crippen molar-refractivity contribution in [3.8, 4) is 0 Å². The third kappa shape index (κ3) is 3.99. The van der Waals surface area contributed by atoms with Gasteiger partial charge in [-0.1, -0.05) is 0 Å². The first-order chi connectivity index (χ1) is 9.06. The molecule has 0 aliphatic carbocycles. The fraction of sp³-hybridized carbons (Fsp3) is 0.538. The molecule has 0 radical (unpaired) electrons. The normalized spacial score (nSPS) is 21.3. The summed E-state index contributed by atoms with van der Waals surface area (Å²) in [6.07, 6.45) is 3.25. The van der Waals surface area contributed by atoms with Crippen molar-refractivity contribution in [2.75, 3.05) is 40.3 Å². The van der Waals surface area contributed by atoms with Gasteiger partial charge in [0.05, 0.1) is 5.56 Å². The van der Waals surface area contributed by atoms with Gasteiger partial charge in [-0.2, -0.15) is 0 Å². The molecule has 1 saturated heterocycles. The average Bonchev–Trinajstić information content (AvgIpc) is 2.39. The zero-order chi connectivity index (χ0) is 13.8. The van der Waals surface area contributed by atoms with Gasteiger partial charge in [0.2, 0.25) is 0 Å². The van der Waals surface area contributed by atoms with Crippen molar-refractivity contribution in [2.24, 2.45) is 0 Å². The Morgan fingerprint density at radius 2 is 2.26 bits per heavy atom. The Morgan fingerprint density at radius 1 is 1.47 bits per heavy atom. The maximum absolute atomic E-state index is 12.0. The second-order valence-corrected chi connectivity index (χ2v) is 5.91. The van der Waals surface area contributed by atoms with Crippen LogP contribution in [0.3, 0.4) is 0 Å². The summed E-state index contributed by atoms with van der Waals surface area (Å²) in [6.45, 7) is 3.76. The number of nitrogens with zero attached hydrogens (tertiary/aromatic N) is 3. The van der Waals surface area contributed by atoms with E-state index in [9.17, 15) is 4.79 Å². The topological polar surface area (TPSA) is 48.5 Å². The van der Waals surface area contributed by atoms with E-state index in [1.54, 1.807) is 18.5 Å². The van der Waals surface area contributed by atoms with Crippen LogP contribution in [0.25, 0.3) is 0 Å². The van der Waals surface area contributed by atoms with Crippen molar-refractivity contribution in [1.82, 2.24) is 20.1 Å². The van der Waals surface area contributed by atoms with Gasteiger partial charge in [0, 0.05) is 49.1 Å². The molecule has 1 fully saturated rings. The largest absolute Gasteiger partial charge is 0.350 e. The van der Waals surface area contributed by atoms with Crippen LogP contribution in [0.4, 0.5) is 0 Å². The Kier molecular flexibility index (Phi) is 4.90. The monoisotopic (exact) mass is 326 g/mol. The third-order valence-corrected chi connectivity index (χ3v) is 3.88. The van der Waals surface area contributed by atoms with Crippen molar-refractivity contribution < 1.29 is 4.79 Å². The molecule has 0 bridgehead atoms. The van der Waals surface area contributed by atoms with E-state index in [-0.39, 0.29) is 5.91 Å². The van der Waals surface area contributed by atoms with E-state index in [0.29, 0.717) is 18.2 Å². The molecule has 1 unspecified atom stereocenters. The quantitative estimate of drug-likeness (QED) is 0.893. The Hall–Kier alpha value is -0.980. The van der Waals surface area contributed by atoms with Crippen LogP contribution in [0.5, 0.6) is 0 Å². The molecule has 5 nitrogen and oxygen atoms in total. The third-order valence-electron chi connectivity index (χ3n) is 3.45. The minimum atomic E-state index is -0.0737. The molecule has 1 aromatic rings. The predicted molar refractivity (Wildman–Crippen MR) is 78.2 cm³/mol. The van der Waals surface area contributed by atoms with E-state index in [0.717, 1.165) is 24.1 Å². The van der Waals surface area contributed by atoms with E-state index in [1.165, 1.54) is 0 Å². The van der Waals surface area contributed by atoms with Crippen LogP contribution in [0.15, 0.2) is 22.9 Å².